The summed E-state index contributed by atoms with van der Waals surface area (Å²) >= 11 is 5.76. The highest BCUT2D eigenvalue weighted by Crippen LogP contribution is 2.15. The predicted molar refractivity (Wildman–Crippen MR) is 73.3 cm³/mol. The van der Waals surface area contributed by atoms with Crippen LogP contribution in [-0.4, -0.2) is 5.91 Å². The van der Waals surface area contributed by atoms with Gasteiger partial charge >= 0.3 is 0 Å². The molecule has 3 nitrogen and oxygen atoms in total. The monoisotopic (exact) mass is 264 g/mol. The molecule has 96 valence electrons. The molecule has 1 aromatic carbocycles. The number of hydrogen-bond donors (Lipinski definition) is 1. The molecule has 18 heavy (non-hydrogen) atoms. The molecule has 0 aliphatic heterocycles. The van der Waals surface area contributed by atoms with Crippen molar-refractivity contribution >= 4 is 23.2 Å². The molecule has 1 rings (SSSR count). The van der Waals surface area contributed by atoms with E-state index in [1.54, 1.807) is 24.3 Å². The van der Waals surface area contributed by atoms with E-state index in [9.17, 15) is 4.79 Å². The molecule has 1 amide bonds. The van der Waals surface area contributed by atoms with Crippen molar-refractivity contribution < 1.29 is 4.79 Å². The topological polar surface area (TPSA) is 52.9 Å². The summed E-state index contributed by atoms with van der Waals surface area (Å²) in [7, 11) is 0. The van der Waals surface area contributed by atoms with E-state index in [2.05, 4.69) is 11.4 Å². The minimum Gasteiger partial charge on any atom is -0.326 e. The van der Waals surface area contributed by atoms with Crippen LogP contribution in [0.15, 0.2) is 24.3 Å². The molecule has 0 radical (unpaired) electrons. The fourth-order valence-electron chi connectivity index (χ4n) is 1.68. The molecule has 0 fully saturated rings. The van der Waals surface area contributed by atoms with Gasteiger partial charge in [0.2, 0.25) is 5.91 Å². The third-order valence-corrected chi connectivity index (χ3v) is 2.92. The Labute approximate surface area is 113 Å². The number of nitriles is 1. The van der Waals surface area contributed by atoms with Gasteiger partial charge in [0, 0.05) is 23.0 Å². The Bertz CT molecular complexity index is 422. The number of benzene rings is 1. The molecule has 0 aliphatic carbocycles. The van der Waals surface area contributed by atoms with Crippen molar-refractivity contribution in [1.29, 1.82) is 5.26 Å². The van der Waals surface area contributed by atoms with Crippen LogP contribution in [0, 0.1) is 17.2 Å². The van der Waals surface area contributed by atoms with Crippen LogP contribution in [0.1, 0.15) is 32.6 Å². The number of amides is 1. The van der Waals surface area contributed by atoms with Crippen LogP contribution in [0.4, 0.5) is 5.69 Å². The van der Waals surface area contributed by atoms with Crippen LogP contribution >= 0.6 is 11.6 Å². The van der Waals surface area contributed by atoms with E-state index in [1.807, 2.05) is 6.92 Å². The maximum absolute atomic E-state index is 11.7. The smallest absolute Gasteiger partial charge is 0.224 e. The zero-order valence-corrected chi connectivity index (χ0v) is 11.2. The minimum atomic E-state index is -0.0614. The first-order valence-corrected chi connectivity index (χ1v) is 6.48. The standard InChI is InChI=1S/C14H17ClN2O/c1-2-3-11(10-16)4-9-14(18)17-13-7-5-12(15)6-8-13/h5-8,11H,2-4,9H2,1H3,(H,17,18). The predicted octanol–water partition coefficient (Wildman–Crippen LogP) is 4.00. The Kier molecular flexibility index (Phi) is 6.24. The lowest BCUT2D eigenvalue weighted by Crippen LogP contribution is -2.13. The van der Waals surface area contributed by atoms with Gasteiger partial charge in [-0.15, -0.1) is 0 Å². The molecule has 0 spiro atoms. The van der Waals surface area contributed by atoms with Crippen molar-refractivity contribution in [2.24, 2.45) is 5.92 Å². The fourth-order valence-corrected chi connectivity index (χ4v) is 1.81. The number of nitrogens with zero attached hydrogens (tertiary/aromatic N) is 1. The molecule has 4 heteroatoms. The maximum Gasteiger partial charge on any atom is 0.224 e. The average molecular weight is 265 g/mol. The molecule has 0 saturated heterocycles. The normalized spacial score (nSPS) is 11.6. The average Bonchev–Trinajstić information content (AvgIpc) is 2.37. The van der Waals surface area contributed by atoms with E-state index in [4.69, 9.17) is 16.9 Å². The third-order valence-electron chi connectivity index (χ3n) is 2.67. The van der Waals surface area contributed by atoms with Gasteiger partial charge in [-0.1, -0.05) is 24.9 Å². The van der Waals surface area contributed by atoms with E-state index < -0.39 is 0 Å². The summed E-state index contributed by atoms with van der Waals surface area (Å²) in [4.78, 5) is 11.7. The first-order chi connectivity index (χ1) is 8.65. The van der Waals surface area contributed by atoms with Crippen molar-refractivity contribution in [2.75, 3.05) is 5.32 Å². The highest BCUT2D eigenvalue weighted by atomic mass is 35.5. The number of halogens is 1. The van der Waals surface area contributed by atoms with Crippen molar-refractivity contribution in [3.63, 3.8) is 0 Å². The lowest BCUT2D eigenvalue weighted by atomic mass is 9.99. The second-order valence-electron chi connectivity index (χ2n) is 4.21. The molecule has 0 heterocycles. The molecule has 1 atom stereocenters. The number of nitrogens with one attached hydrogen (secondary N) is 1. The minimum absolute atomic E-state index is 0.0223. The highest BCUT2D eigenvalue weighted by Gasteiger charge is 2.09. The first kappa shape index (κ1) is 14.5. The molecular weight excluding hydrogens is 248 g/mol. The fraction of sp³-hybridized carbons (Fsp3) is 0.429. The van der Waals surface area contributed by atoms with Crippen molar-refractivity contribution in [3.8, 4) is 6.07 Å². The summed E-state index contributed by atoms with van der Waals surface area (Å²) in [5.41, 5.74) is 0.730. The molecule has 0 aromatic heterocycles. The lowest BCUT2D eigenvalue weighted by molar-refractivity contribution is -0.116. The largest absolute Gasteiger partial charge is 0.326 e. The Morgan fingerprint density at radius 2 is 2.06 bits per heavy atom. The Morgan fingerprint density at radius 1 is 1.39 bits per heavy atom. The SMILES string of the molecule is CCCC(C#N)CCC(=O)Nc1ccc(Cl)cc1. The van der Waals surface area contributed by atoms with Gasteiger partial charge in [-0.05, 0) is 37.1 Å². The van der Waals surface area contributed by atoms with Gasteiger partial charge in [0.05, 0.1) is 6.07 Å². The summed E-state index contributed by atoms with van der Waals surface area (Å²) < 4.78 is 0. The number of rotatable bonds is 6. The molecule has 0 saturated carbocycles. The lowest BCUT2D eigenvalue weighted by Gasteiger charge is -2.08. The van der Waals surface area contributed by atoms with Crippen LogP contribution in [0.25, 0.3) is 0 Å². The van der Waals surface area contributed by atoms with Gasteiger partial charge in [0.1, 0.15) is 0 Å². The summed E-state index contributed by atoms with van der Waals surface area (Å²) in [6.45, 7) is 2.04. The van der Waals surface area contributed by atoms with Gasteiger partial charge in [-0.2, -0.15) is 5.26 Å². The van der Waals surface area contributed by atoms with Crippen molar-refractivity contribution in [3.05, 3.63) is 29.3 Å². The Hall–Kier alpha value is -1.53. The highest BCUT2D eigenvalue weighted by molar-refractivity contribution is 6.30. The molecule has 0 bridgehead atoms. The van der Waals surface area contributed by atoms with Crippen molar-refractivity contribution in [1.82, 2.24) is 0 Å². The maximum atomic E-state index is 11.7. The molecular formula is C14H17ClN2O. The van der Waals surface area contributed by atoms with Crippen LogP contribution < -0.4 is 5.32 Å². The number of carbonyl (C=O) groups excluding carboxylic acids is 1. The van der Waals surface area contributed by atoms with E-state index in [-0.39, 0.29) is 11.8 Å². The summed E-state index contributed by atoms with van der Waals surface area (Å²) in [5.74, 6) is -0.0837. The van der Waals surface area contributed by atoms with Gasteiger partial charge < -0.3 is 5.32 Å². The zero-order chi connectivity index (χ0) is 13.4. The second-order valence-corrected chi connectivity index (χ2v) is 4.64. The third kappa shape index (κ3) is 5.20. The molecule has 1 unspecified atom stereocenters. The van der Waals surface area contributed by atoms with Crippen molar-refractivity contribution in [2.45, 2.75) is 32.6 Å². The Morgan fingerprint density at radius 3 is 2.61 bits per heavy atom. The van der Waals surface area contributed by atoms with Crippen LogP contribution in [0.5, 0.6) is 0 Å². The number of hydrogen-bond acceptors (Lipinski definition) is 2. The second kappa shape index (κ2) is 7.73. The summed E-state index contributed by atoms with van der Waals surface area (Å²) in [6, 6.07) is 9.21. The van der Waals surface area contributed by atoms with E-state index in [0.717, 1.165) is 18.5 Å². The van der Waals surface area contributed by atoms with Crippen LogP contribution in [0.2, 0.25) is 5.02 Å². The van der Waals surface area contributed by atoms with Crippen LogP contribution in [0.3, 0.4) is 0 Å². The summed E-state index contributed by atoms with van der Waals surface area (Å²) in [6.07, 6.45) is 2.81. The summed E-state index contributed by atoms with van der Waals surface area (Å²) in [5, 5.41) is 12.3. The van der Waals surface area contributed by atoms with Crippen LogP contribution in [-0.2, 0) is 4.79 Å². The van der Waals surface area contributed by atoms with Gasteiger partial charge in [0.25, 0.3) is 0 Å². The van der Waals surface area contributed by atoms with E-state index in [0.29, 0.717) is 17.9 Å². The number of carbonyl (C=O) groups is 1. The zero-order valence-electron chi connectivity index (χ0n) is 10.4. The Balaban J connectivity index is 2.38. The van der Waals surface area contributed by atoms with Gasteiger partial charge in [0.15, 0.2) is 0 Å². The van der Waals surface area contributed by atoms with Gasteiger partial charge in [-0.25, -0.2) is 0 Å². The van der Waals surface area contributed by atoms with E-state index >= 15 is 0 Å². The van der Waals surface area contributed by atoms with E-state index in [1.165, 1.54) is 0 Å². The van der Waals surface area contributed by atoms with Gasteiger partial charge in [-0.3, -0.25) is 4.79 Å². The molecule has 1 N–H and O–H groups in total. The number of anilines is 1. The molecule has 1 aromatic rings. The first-order valence-electron chi connectivity index (χ1n) is 6.10. The quantitative estimate of drug-likeness (QED) is 0.844. The molecule has 0 aliphatic rings.